The lowest BCUT2D eigenvalue weighted by Crippen LogP contribution is -2.22. The van der Waals surface area contributed by atoms with Gasteiger partial charge in [0.2, 0.25) is 0 Å². The predicted molar refractivity (Wildman–Crippen MR) is 70.3 cm³/mol. The van der Waals surface area contributed by atoms with Gasteiger partial charge in [0.05, 0.1) is 12.8 Å². The zero-order valence-electron chi connectivity index (χ0n) is 11.3. The summed E-state index contributed by atoms with van der Waals surface area (Å²) < 4.78 is 5.40. The minimum absolute atomic E-state index is 0.730. The van der Waals surface area contributed by atoms with Crippen molar-refractivity contribution in [3.8, 4) is 5.75 Å². The van der Waals surface area contributed by atoms with Crippen molar-refractivity contribution < 1.29 is 4.74 Å². The van der Waals surface area contributed by atoms with Crippen LogP contribution in [-0.4, -0.2) is 37.1 Å². The van der Waals surface area contributed by atoms with E-state index in [1.165, 1.54) is 0 Å². The quantitative estimate of drug-likeness (QED) is 0.814. The Balaban J connectivity index is 2.78. The first-order valence-corrected chi connectivity index (χ1v) is 5.97. The van der Waals surface area contributed by atoms with Gasteiger partial charge in [0.1, 0.15) is 5.75 Å². The molecule has 0 saturated heterocycles. The van der Waals surface area contributed by atoms with Crippen LogP contribution in [0.15, 0.2) is 6.20 Å². The van der Waals surface area contributed by atoms with Crippen molar-refractivity contribution in [2.24, 2.45) is 5.73 Å². The van der Waals surface area contributed by atoms with Crippen molar-refractivity contribution in [2.75, 3.05) is 27.2 Å². The minimum atomic E-state index is 0.730. The highest BCUT2D eigenvalue weighted by Gasteiger charge is 2.10. The Morgan fingerprint density at radius 1 is 1.41 bits per heavy atom. The van der Waals surface area contributed by atoms with Crippen LogP contribution in [0.5, 0.6) is 5.75 Å². The van der Waals surface area contributed by atoms with Crippen molar-refractivity contribution in [2.45, 2.75) is 26.8 Å². The first-order valence-electron chi connectivity index (χ1n) is 5.97. The molecule has 4 heteroatoms. The summed E-state index contributed by atoms with van der Waals surface area (Å²) >= 11 is 0. The van der Waals surface area contributed by atoms with Crippen LogP contribution in [0.4, 0.5) is 0 Å². The molecule has 0 bridgehead atoms. The summed E-state index contributed by atoms with van der Waals surface area (Å²) in [5.74, 6) is 0.947. The summed E-state index contributed by atoms with van der Waals surface area (Å²) in [6.07, 6.45) is 2.89. The van der Waals surface area contributed by atoms with E-state index in [2.05, 4.69) is 23.9 Å². The molecular weight excluding hydrogens is 214 g/mol. The molecule has 0 aliphatic heterocycles. The van der Waals surface area contributed by atoms with Crippen LogP contribution in [0.3, 0.4) is 0 Å². The molecule has 1 heterocycles. The molecule has 0 atom stereocenters. The number of methoxy groups -OCH3 is 1. The average molecular weight is 237 g/mol. The fraction of sp³-hybridized carbons (Fsp3) is 0.615. The van der Waals surface area contributed by atoms with E-state index >= 15 is 0 Å². The van der Waals surface area contributed by atoms with E-state index in [0.717, 1.165) is 48.6 Å². The van der Waals surface area contributed by atoms with E-state index in [9.17, 15) is 0 Å². The largest absolute Gasteiger partial charge is 0.496 e. The van der Waals surface area contributed by atoms with E-state index in [-0.39, 0.29) is 0 Å². The maximum Gasteiger partial charge on any atom is 0.128 e. The molecule has 0 amide bonds. The maximum absolute atomic E-state index is 5.50. The summed E-state index contributed by atoms with van der Waals surface area (Å²) in [5, 5.41) is 0. The molecular formula is C13H23N3O. The zero-order valence-corrected chi connectivity index (χ0v) is 11.3. The maximum atomic E-state index is 5.50. The first kappa shape index (κ1) is 13.9. The van der Waals surface area contributed by atoms with Gasteiger partial charge in [0, 0.05) is 23.9 Å². The van der Waals surface area contributed by atoms with Crippen molar-refractivity contribution in [1.29, 1.82) is 0 Å². The van der Waals surface area contributed by atoms with Crippen LogP contribution in [-0.2, 0) is 6.54 Å². The highest BCUT2D eigenvalue weighted by atomic mass is 16.5. The standard InChI is InChI=1S/C13H23N3O/c1-10-8-15-12(11(2)13(10)17-4)9-16(3)7-5-6-14/h8H,5-7,9,14H2,1-4H3. The zero-order chi connectivity index (χ0) is 12.8. The number of aromatic nitrogens is 1. The Morgan fingerprint density at radius 3 is 2.71 bits per heavy atom. The van der Waals surface area contributed by atoms with Crippen LogP contribution in [0, 0.1) is 13.8 Å². The number of hydrogen-bond acceptors (Lipinski definition) is 4. The molecule has 1 aromatic heterocycles. The topological polar surface area (TPSA) is 51.4 Å². The minimum Gasteiger partial charge on any atom is -0.496 e. The van der Waals surface area contributed by atoms with Crippen LogP contribution in [0.1, 0.15) is 23.2 Å². The Kier molecular flexibility index (Phi) is 5.38. The number of nitrogens with two attached hydrogens (primary N) is 1. The molecule has 0 radical (unpaired) electrons. The fourth-order valence-electron chi connectivity index (χ4n) is 1.93. The molecule has 1 rings (SSSR count). The SMILES string of the molecule is COc1c(C)cnc(CN(C)CCCN)c1C. The van der Waals surface area contributed by atoms with Crippen molar-refractivity contribution in [3.63, 3.8) is 0 Å². The monoisotopic (exact) mass is 237 g/mol. The molecule has 2 N–H and O–H groups in total. The van der Waals surface area contributed by atoms with Gasteiger partial charge in [-0.15, -0.1) is 0 Å². The van der Waals surface area contributed by atoms with Gasteiger partial charge in [-0.3, -0.25) is 4.98 Å². The lowest BCUT2D eigenvalue weighted by Gasteiger charge is -2.18. The highest BCUT2D eigenvalue weighted by molar-refractivity contribution is 5.40. The van der Waals surface area contributed by atoms with Crippen LogP contribution >= 0.6 is 0 Å². The Morgan fingerprint density at radius 2 is 2.12 bits per heavy atom. The summed E-state index contributed by atoms with van der Waals surface area (Å²) in [4.78, 5) is 6.71. The average Bonchev–Trinajstić information content (AvgIpc) is 2.31. The second-order valence-corrected chi connectivity index (χ2v) is 4.43. The van der Waals surface area contributed by atoms with Gasteiger partial charge in [-0.05, 0) is 40.4 Å². The van der Waals surface area contributed by atoms with E-state index in [1.807, 2.05) is 13.1 Å². The molecule has 1 aromatic rings. The van der Waals surface area contributed by atoms with Crippen molar-refractivity contribution >= 4 is 0 Å². The van der Waals surface area contributed by atoms with Gasteiger partial charge < -0.3 is 15.4 Å². The fourth-order valence-corrected chi connectivity index (χ4v) is 1.93. The molecule has 4 nitrogen and oxygen atoms in total. The summed E-state index contributed by atoms with van der Waals surface area (Å²) in [5.41, 5.74) is 8.79. The lowest BCUT2D eigenvalue weighted by atomic mass is 10.1. The van der Waals surface area contributed by atoms with Gasteiger partial charge in [0.15, 0.2) is 0 Å². The second kappa shape index (κ2) is 6.57. The molecule has 0 aromatic carbocycles. The Bertz CT molecular complexity index is 366. The van der Waals surface area contributed by atoms with Crippen molar-refractivity contribution in [1.82, 2.24) is 9.88 Å². The lowest BCUT2D eigenvalue weighted by molar-refractivity contribution is 0.318. The number of aryl methyl sites for hydroxylation is 1. The Hall–Kier alpha value is -1.13. The van der Waals surface area contributed by atoms with Gasteiger partial charge >= 0.3 is 0 Å². The summed E-state index contributed by atoms with van der Waals surface area (Å²) in [6, 6.07) is 0. The van der Waals surface area contributed by atoms with E-state index in [4.69, 9.17) is 10.5 Å². The van der Waals surface area contributed by atoms with E-state index in [1.54, 1.807) is 7.11 Å². The molecule has 0 saturated carbocycles. The normalized spacial score (nSPS) is 10.9. The number of nitrogens with zero attached hydrogens (tertiary/aromatic N) is 2. The van der Waals surface area contributed by atoms with E-state index in [0.29, 0.717) is 0 Å². The van der Waals surface area contributed by atoms with Gasteiger partial charge in [-0.1, -0.05) is 0 Å². The third kappa shape index (κ3) is 3.68. The van der Waals surface area contributed by atoms with Gasteiger partial charge in [-0.2, -0.15) is 0 Å². The number of ether oxygens (including phenoxy) is 1. The van der Waals surface area contributed by atoms with Crippen LogP contribution < -0.4 is 10.5 Å². The van der Waals surface area contributed by atoms with Crippen LogP contribution in [0.25, 0.3) is 0 Å². The van der Waals surface area contributed by atoms with Crippen molar-refractivity contribution in [3.05, 3.63) is 23.0 Å². The smallest absolute Gasteiger partial charge is 0.128 e. The number of pyridine rings is 1. The number of hydrogen-bond donors (Lipinski definition) is 1. The second-order valence-electron chi connectivity index (χ2n) is 4.43. The molecule has 17 heavy (non-hydrogen) atoms. The van der Waals surface area contributed by atoms with E-state index < -0.39 is 0 Å². The van der Waals surface area contributed by atoms with Gasteiger partial charge in [0.25, 0.3) is 0 Å². The Labute approximate surface area is 104 Å². The molecule has 96 valence electrons. The molecule has 0 aliphatic carbocycles. The first-order chi connectivity index (χ1) is 8.10. The number of rotatable bonds is 6. The van der Waals surface area contributed by atoms with Crippen LogP contribution in [0.2, 0.25) is 0 Å². The molecule has 0 fully saturated rings. The third-order valence-electron chi connectivity index (χ3n) is 2.91. The molecule has 0 aliphatic rings. The van der Waals surface area contributed by atoms with Gasteiger partial charge in [-0.25, -0.2) is 0 Å². The molecule has 0 spiro atoms. The third-order valence-corrected chi connectivity index (χ3v) is 2.91. The summed E-state index contributed by atoms with van der Waals surface area (Å²) in [7, 11) is 3.79. The molecule has 0 unspecified atom stereocenters. The summed E-state index contributed by atoms with van der Waals surface area (Å²) in [6.45, 7) is 6.63. The highest BCUT2D eigenvalue weighted by Crippen LogP contribution is 2.24. The predicted octanol–water partition coefficient (Wildman–Crippen LogP) is 1.49.